The van der Waals surface area contributed by atoms with Crippen molar-refractivity contribution < 1.29 is 13.9 Å². The van der Waals surface area contributed by atoms with Crippen LogP contribution in [0, 0.1) is 12.9 Å². The van der Waals surface area contributed by atoms with Crippen LogP contribution in [0.15, 0.2) is 48.4 Å². The van der Waals surface area contributed by atoms with Crippen LogP contribution in [0.2, 0.25) is 0 Å². The number of allylic oxidation sites excluding steroid dienone is 2. The third-order valence-corrected chi connectivity index (χ3v) is 4.43. The van der Waals surface area contributed by atoms with Gasteiger partial charge in [-0.1, -0.05) is 17.3 Å². The van der Waals surface area contributed by atoms with E-state index in [4.69, 9.17) is 4.74 Å². The summed E-state index contributed by atoms with van der Waals surface area (Å²) in [6.45, 7) is 1.81. The molecule has 0 radical (unpaired) electrons. The van der Waals surface area contributed by atoms with Crippen LogP contribution in [0.4, 0.5) is 4.39 Å². The minimum absolute atomic E-state index is 0.0764. The molecule has 3 aromatic rings. The van der Waals surface area contributed by atoms with Gasteiger partial charge >= 0.3 is 0 Å². The fraction of sp³-hybridized carbons (Fsp3) is 0.158. The molecule has 1 aromatic carbocycles. The molecule has 2 aromatic heterocycles. The highest BCUT2D eigenvalue weighted by atomic mass is 19.1. The quantitative estimate of drug-likeness (QED) is 0.679. The van der Waals surface area contributed by atoms with E-state index in [1.807, 2.05) is 19.1 Å². The van der Waals surface area contributed by atoms with Crippen molar-refractivity contribution >= 4 is 5.78 Å². The Morgan fingerprint density at radius 2 is 2.12 bits per heavy atom. The topological polar surface area (TPSA) is 69.9 Å². The second-order valence-electron chi connectivity index (χ2n) is 5.98. The second kappa shape index (κ2) is 6.18. The average molecular weight is 350 g/mol. The number of rotatable bonds is 3. The zero-order valence-corrected chi connectivity index (χ0v) is 14.2. The number of halogens is 1. The largest absolute Gasteiger partial charge is 0.501 e. The van der Waals surface area contributed by atoms with E-state index in [9.17, 15) is 9.18 Å². The highest BCUT2D eigenvalue weighted by Gasteiger charge is 2.21. The maximum atomic E-state index is 14.0. The van der Waals surface area contributed by atoms with Crippen LogP contribution in [-0.2, 0) is 11.2 Å². The molecule has 26 heavy (non-hydrogen) atoms. The van der Waals surface area contributed by atoms with Crippen LogP contribution in [0.25, 0.3) is 16.9 Å². The summed E-state index contributed by atoms with van der Waals surface area (Å²) >= 11 is 0. The SMILES string of the molecule is COC1=CC(=O)c2ccc(-c3nnn(-c4cccnc4F)c3C)cc2C1. The summed E-state index contributed by atoms with van der Waals surface area (Å²) in [5.41, 5.74) is 3.87. The molecule has 1 aliphatic rings. The summed E-state index contributed by atoms with van der Waals surface area (Å²) in [6, 6.07) is 8.74. The molecule has 0 amide bonds. The van der Waals surface area contributed by atoms with E-state index in [-0.39, 0.29) is 11.5 Å². The molecule has 0 saturated carbocycles. The lowest BCUT2D eigenvalue weighted by atomic mass is 9.92. The number of ether oxygens (including phenoxy) is 1. The van der Waals surface area contributed by atoms with Crippen LogP contribution in [0.1, 0.15) is 21.6 Å². The van der Waals surface area contributed by atoms with Crippen molar-refractivity contribution in [3.8, 4) is 16.9 Å². The molecule has 130 valence electrons. The number of fused-ring (bicyclic) bond motifs is 1. The summed E-state index contributed by atoms with van der Waals surface area (Å²) in [5, 5.41) is 8.26. The van der Waals surface area contributed by atoms with Crippen molar-refractivity contribution in [1.82, 2.24) is 20.0 Å². The molecule has 7 heteroatoms. The number of nitrogens with zero attached hydrogens (tertiary/aromatic N) is 4. The summed E-state index contributed by atoms with van der Waals surface area (Å²) in [4.78, 5) is 15.8. The van der Waals surface area contributed by atoms with Gasteiger partial charge in [-0.3, -0.25) is 4.79 Å². The zero-order valence-electron chi connectivity index (χ0n) is 14.2. The molecule has 0 aliphatic heterocycles. The maximum absolute atomic E-state index is 14.0. The Kier molecular flexibility index (Phi) is 3.84. The maximum Gasteiger partial charge on any atom is 0.238 e. The number of pyridine rings is 1. The highest BCUT2D eigenvalue weighted by Crippen LogP contribution is 2.29. The fourth-order valence-electron chi connectivity index (χ4n) is 3.08. The smallest absolute Gasteiger partial charge is 0.238 e. The van der Waals surface area contributed by atoms with Gasteiger partial charge in [-0.05, 0) is 30.7 Å². The lowest BCUT2D eigenvalue weighted by Crippen LogP contribution is -2.11. The minimum atomic E-state index is -0.613. The molecule has 4 rings (SSSR count). The van der Waals surface area contributed by atoms with Crippen LogP contribution >= 0.6 is 0 Å². The van der Waals surface area contributed by atoms with Crippen LogP contribution in [0.5, 0.6) is 0 Å². The van der Waals surface area contributed by atoms with Crippen LogP contribution in [0.3, 0.4) is 0 Å². The lowest BCUT2D eigenvalue weighted by molar-refractivity contribution is 0.103. The number of hydrogen-bond donors (Lipinski definition) is 0. The number of ketones is 1. The third-order valence-electron chi connectivity index (χ3n) is 4.43. The van der Waals surface area contributed by atoms with Gasteiger partial charge in [0, 0.05) is 29.8 Å². The summed E-state index contributed by atoms with van der Waals surface area (Å²) < 4.78 is 20.6. The summed E-state index contributed by atoms with van der Waals surface area (Å²) in [6.07, 6.45) is 3.43. The molecule has 0 fully saturated rings. The Labute approximate surface area is 148 Å². The highest BCUT2D eigenvalue weighted by molar-refractivity contribution is 6.07. The predicted molar refractivity (Wildman–Crippen MR) is 92.4 cm³/mol. The van der Waals surface area contributed by atoms with Gasteiger partial charge in [-0.2, -0.15) is 4.39 Å². The van der Waals surface area contributed by atoms with Crippen molar-refractivity contribution in [3.63, 3.8) is 0 Å². The predicted octanol–water partition coefficient (Wildman–Crippen LogP) is 3.05. The number of aromatic nitrogens is 4. The molecule has 2 heterocycles. The Morgan fingerprint density at radius 1 is 1.27 bits per heavy atom. The Hall–Kier alpha value is -3.35. The monoisotopic (exact) mass is 350 g/mol. The molecule has 0 bridgehead atoms. The normalized spacial score (nSPS) is 13.3. The van der Waals surface area contributed by atoms with Gasteiger partial charge in [-0.25, -0.2) is 9.67 Å². The first-order valence-electron chi connectivity index (χ1n) is 8.04. The van der Waals surface area contributed by atoms with Crippen molar-refractivity contribution in [2.24, 2.45) is 0 Å². The van der Waals surface area contributed by atoms with Gasteiger partial charge in [0.2, 0.25) is 5.95 Å². The molecule has 0 N–H and O–H groups in total. The van der Waals surface area contributed by atoms with E-state index in [0.29, 0.717) is 29.1 Å². The molecule has 0 atom stereocenters. The van der Waals surface area contributed by atoms with Gasteiger partial charge in [-0.15, -0.1) is 5.10 Å². The number of carbonyl (C=O) groups excluding carboxylic acids is 1. The van der Waals surface area contributed by atoms with Gasteiger partial charge in [0.15, 0.2) is 5.78 Å². The first-order chi connectivity index (χ1) is 12.6. The Morgan fingerprint density at radius 3 is 2.88 bits per heavy atom. The number of methoxy groups -OCH3 is 1. The molecule has 1 aliphatic carbocycles. The van der Waals surface area contributed by atoms with Crippen molar-refractivity contribution in [2.45, 2.75) is 13.3 Å². The Bertz CT molecular complexity index is 1060. The molecule has 0 unspecified atom stereocenters. The van der Waals surface area contributed by atoms with Crippen LogP contribution < -0.4 is 0 Å². The fourth-order valence-corrected chi connectivity index (χ4v) is 3.08. The van der Waals surface area contributed by atoms with Crippen LogP contribution in [-0.4, -0.2) is 32.9 Å². The van der Waals surface area contributed by atoms with E-state index in [0.717, 1.165) is 11.1 Å². The van der Waals surface area contributed by atoms with Gasteiger partial charge in [0.25, 0.3) is 0 Å². The van der Waals surface area contributed by atoms with Gasteiger partial charge < -0.3 is 4.74 Å². The average Bonchev–Trinajstić information content (AvgIpc) is 3.03. The van der Waals surface area contributed by atoms with E-state index in [1.54, 1.807) is 25.3 Å². The third kappa shape index (κ3) is 2.57. The minimum Gasteiger partial charge on any atom is -0.501 e. The first-order valence-corrected chi connectivity index (χ1v) is 8.04. The summed E-state index contributed by atoms with van der Waals surface area (Å²) in [7, 11) is 1.55. The molecule has 0 saturated heterocycles. The van der Waals surface area contributed by atoms with Crippen molar-refractivity contribution in [1.29, 1.82) is 0 Å². The molecular weight excluding hydrogens is 335 g/mol. The standard InChI is InChI=1S/C19H15FN4O2/c1-11-18(22-23-24(11)16-4-3-7-21-19(16)20)12-5-6-15-13(8-12)9-14(26-2)10-17(15)25/h3-8,10H,9H2,1-2H3. The molecule has 6 nitrogen and oxygen atoms in total. The molecule has 0 spiro atoms. The number of carbonyl (C=O) groups is 1. The van der Waals surface area contributed by atoms with E-state index >= 15 is 0 Å². The zero-order chi connectivity index (χ0) is 18.3. The molecular formula is C19H15FN4O2. The van der Waals surface area contributed by atoms with E-state index in [1.165, 1.54) is 17.0 Å². The lowest BCUT2D eigenvalue weighted by Gasteiger charge is -2.16. The summed E-state index contributed by atoms with van der Waals surface area (Å²) in [5.74, 6) is -0.0668. The first kappa shape index (κ1) is 16.1. The van der Waals surface area contributed by atoms with Gasteiger partial charge in [0.1, 0.15) is 17.1 Å². The van der Waals surface area contributed by atoms with Crippen molar-refractivity contribution in [2.75, 3.05) is 7.11 Å². The van der Waals surface area contributed by atoms with E-state index < -0.39 is 5.95 Å². The number of hydrogen-bond acceptors (Lipinski definition) is 5. The Balaban J connectivity index is 1.77. The second-order valence-corrected chi connectivity index (χ2v) is 5.98. The number of benzene rings is 1. The van der Waals surface area contributed by atoms with Crippen molar-refractivity contribution in [3.05, 3.63) is 71.1 Å². The van der Waals surface area contributed by atoms with E-state index in [2.05, 4.69) is 15.3 Å². The van der Waals surface area contributed by atoms with Gasteiger partial charge in [0.05, 0.1) is 12.8 Å².